The molecule has 0 fully saturated rings. The van der Waals surface area contributed by atoms with E-state index in [0.29, 0.717) is 5.56 Å². The maximum Gasteiger partial charge on any atom is 0.119 e. The molecule has 0 aliphatic rings. The van der Waals surface area contributed by atoms with Crippen molar-refractivity contribution in [1.29, 1.82) is 5.26 Å². The van der Waals surface area contributed by atoms with Crippen molar-refractivity contribution in [3.05, 3.63) is 77.4 Å². The Bertz CT molecular complexity index is 779. The van der Waals surface area contributed by atoms with Crippen molar-refractivity contribution in [3.63, 3.8) is 0 Å². The van der Waals surface area contributed by atoms with Gasteiger partial charge in [-0.1, -0.05) is 100 Å². The van der Waals surface area contributed by atoms with Gasteiger partial charge in [0.2, 0.25) is 0 Å². The SMILES string of the molecule is CCCCCCCCCCOc1ccc(/C=C/C=C/c2ccc(C#N)cc2)cc1. The van der Waals surface area contributed by atoms with Gasteiger partial charge in [-0.05, 0) is 41.8 Å². The maximum absolute atomic E-state index is 8.82. The lowest BCUT2D eigenvalue weighted by molar-refractivity contribution is 0.304. The largest absolute Gasteiger partial charge is 0.494 e. The van der Waals surface area contributed by atoms with Gasteiger partial charge in [-0.2, -0.15) is 5.26 Å². The lowest BCUT2D eigenvalue weighted by Crippen LogP contribution is -1.97. The second-order valence-electron chi connectivity index (χ2n) is 7.34. The standard InChI is InChI=1S/C27H33NO/c1-2-3-4-5-6-7-8-11-22-29-27-20-18-25(19-21-27)13-10-9-12-24-14-16-26(23-28)17-15-24/h9-10,12-21H,2-8,11,22H2,1H3/b12-9+,13-10+. The van der Waals surface area contributed by atoms with Crippen LogP contribution in [-0.4, -0.2) is 6.61 Å². The molecule has 0 amide bonds. The Morgan fingerprint density at radius 1 is 0.724 bits per heavy atom. The van der Waals surface area contributed by atoms with Gasteiger partial charge >= 0.3 is 0 Å². The average molecular weight is 388 g/mol. The molecule has 0 heterocycles. The molecule has 2 heteroatoms. The number of nitriles is 1. The first-order chi connectivity index (χ1) is 14.3. The number of hydrogen-bond donors (Lipinski definition) is 0. The van der Waals surface area contributed by atoms with Gasteiger partial charge in [0.15, 0.2) is 0 Å². The minimum atomic E-state index is 0.683. The number of benzene rings is 2. The first-order valence-corrected chi connectivity index (χ1v) is 10.9. The summed E-state index contributed by atoms with van der Waals surface area (Å²) in [6.07, 6.45) is 18.7. The molecule has 0 saturated heterocycles. The second-order valence-corrected chi connectivity index (χ2v) is 7.34. The molecule has 0 aliphatic carbocycles. The van der Waals surface area contributed by atoms with Crippen LogP contribution in [0, 0.1) is 11.3 Å². The van der Waals surface area contributed by atoms with Crippen LogP contribution in [0.4, 0.5) is 0 Å². The molecule has 0 N–H and O–H groups in total. The van der Waals surface area contributed by atoms with Crippen LogP contribution in [0.25, 0.3) is 12.2 Å². The maximum atomic E-state index is 8.82. The van der Waals surface area contributed by atoms with E-state index in [0.717, 1.165) is 29.9 Å². The highest BCUT2D eigenvalue weighted by atomic mass is 16.5. The molecule has 29 heavy (non-hydrogen) atoms. The molecule has 0 aliphatic heterocycles. The summed E-state index contributed by atoms with van der Waals surface area (Å²) < 4.78 is 5.85. The molecule has 0 aromatic heterocycles. The van der Waals surface area contributed by atoms with Crippen molar-refractivity contribution in [2.45, 2.75) is 58.3 Å². The second kappa shape index (κ2) is 14.2. The number of nitrogens with zero attached hydrogens (tertiary/aromatic N) is 1. The molecule has 2 nitrogen and oxygen atoms in total. The number of allylic oxidation sites excluding steroid dienone is 2. The van der Waals surface area contributed by atoms with Crippen molar-refractivity contribution in [1.82, 2.24) is 0 Å². The van der Waals surface area contributed by atoms with Crippen LogP contribution in [0.1, 0.15) is 75.0 Å². The molecule has 2 rings (SSSR count). The molecule has 0 spiro atoms. The monoisotopic (exact) mass is 387 g/mol. The molecule has 0 atom stereocenters. The summed E-state index contributed by atoms with van der Waals surface area (Å²) in [4.78, 5) is 0. The van der Waals surface area contributed by atoms with Crippen molar-refractivity contribution >= 4 is 12.2 Å². The quantitative estimate of drug-likeness (QED) is 0.259. The van der Waals surface area contributed by atoms with Crippen LogP contribution in [0.5, 0.6) is 5.75 Å². The summed E-state index contributed by atoms with van der Waals surface area (Å²) in [6, 6.07) is 17.9. The topological polar surface area (TPSA) is 33.0 Å². The summed E-state index contributed by atoms with van der Waals surface area (Å²) in [5.74, 6) is 0.943. The molecular weight excluding hydrogens is 354 g/mol. The van der Waals surface area contributed by atoms with E-state index in [9.17, 15) is 0 Å². The summed E-state index contributed by atoms with van der Waals surface area (Å²) in [7, 11) is 0. The first-order valence-electron chi connectivity index (χ1n) is 10.9. The fourth-order valence-corrected chi connectivity index (χ4v) is 3.10. The van der Waals surface area contributed by atoms with Gasteiger partial charge in [0.1, 0.15) is 5.75 Å². The van der Waals surface area contributed by atoms with Crippen molar-refractivity contribution in [2.75, 3.05) is 6.61 Å². The Morgan fingerprint density at radius 2 is 1.24 bits per heavy atom. The van der Waals surface area contributed by atoms with Crippen molar-refractivity contribution in [3.8, 4) is 11.8 Å². The van der Waals surface area contributed by atoms with E-state index in [2.05, 4.69) is 31.2 Å². The third kappa shape index (κ3) is 9.81. The van der Waals surface area contributed by atoms with E-state index < -0.39 is 0 Å². The minimum absolute atomic E-state index is 0.683. The average Bonchev–Trinajstić information content (AvgIpc) is 2.77. The van der Waals surface area contributed by atoms with Crippen molar-refractivity contribution < 1.29 is 4.74 Å². The van der Waals surface area contributed by atoms with Crippen LogP contribution in [0.3, 0.4) is 0 Å². The van der Waals surface area contributed by atoms with E-state index in [1.807, 2.05) is 54.6 Å². The van der Waals surface area contributed by atoms with Crippen LogP contribution < -0.4 is 4.74 Å². The highest BCUT2D eigenvalue weighted by Crippen LogP contribution is 2.15. The summed E-state index contributed by atoms with van der Waals surface area (Å²) in [5.41, 5.74) is 2.91. The van der Waals surface area contributed by atoms with E-state index in [1.165, 1.54) is 44.9 Å². The fraction of sp³-hybridized carbons (Fsp3) is 0.370. The van der Waals surface area contributed by atoms with Gasteiger partial charge in [0.05, 0.1) is 18.2 Å². The van der Waals surface area contributed by atoms with Crippen molar-refractivity contribution in [2.24, 2.45) is 0 Å². The molecule has 0 radical (unpaired) electrons. The molecular formula is C27H33NO. The molecule has 2 aromatic carbocycles. The van der Waals surface area contributed by atoms with Crippen LogP contribution in [-0.2, 0) is 0 Å². The third-order valence-electron chi connectivity index (χ3n) is 4.87. The normalized spacial score (nSPS) is 11.2. The molecule has 152 valence electrons. The zero-order chi connectivity index (χ0) is 20.6. The van der Waals surface area contributed by atoms with E-state index in [4.69, 9.17) is 10.00 Å². The summed E-state index contributed by atoms with van der Waals surface area (Å²) in [6.45, 7) is 3.06. The van der Waals surface area contributed by atoms with Gasteiger partial charge in [0.25, 0.3) is 0 Å². The summed E-state index contributed by atoms with van der Waals surface area (Å²) >= 11 is 0. The highest BCUT2D eigenvalue weighted by Gasteiger charge is 1.95. The lowest BCUT2D eigenvalue weighted by Gasteiger charge is -2.06. The Hall–Kier alpha value is -2.79. The Kier molecular flexibility index (Phi) is 11.0. The number of rotatable bonds is 13. The minimum Gasteiger partial charge on any atom is -0.494 e. The van der Waals surface area contributed by atoms with Crippen LogP contribution in [0.15, 0.2) is 60.7 Å². The predicted octanol–water partition coefficient (Wildman–Crippen LogP) is 7.80. The number of hydrogen-bond acceptors (Lipinski definition) is 2. The van der Waals surface area contributed by atoms with Gasteiger partial charge in [-0.3, -0.25) is 0 Å². The van der Waals surface area contributed by atoms with E-state index in [1.54, 1.807) is 0 Å². The van der Waals surface area contributed by atoms with Crippen LogP contribution >= 0.6 is 0 Å². The Morgan fingerprint density at radius 3 is 1.79 bits per heavy atom. The third-order valence-corrected chi connectivity index (χ3v) is 4.87. The van der Waals surface area contributed by atoms with E-state index >= 15 is 0 Å². The molecule has 2 aromatic rings. The summed E-state index contributed by atoms with van der Waals surface area (Å²) in [5, 5.41) is 8.82. The zero-order valence-corrected chi connectivity index (χ0v) is 17.6. The van der Waals surface area contributed by atoms with Gasteiger partial charge in [-0.25, -0.2) is 0 Å². The Labute approximate surface area is 176 Å². The lowest BCUT2D eigenvalue weighted by atomic mass is 10.1. The highest BCUT2D eigenvalue weighted by molar-refractivity contribution is 5.58. The van der Waals surface area contributed by atoms with E-state index in [-0.39, 0.29) is 0 Å². The predicted molar refractivity (Wildman–Crippen MR) is 124 cm³/mol. The van der Waals surface area contributed by atoms with Crippen LogP contribution in [0.2, 0.25) is 0 Å². The number of unbranched alkanes of at least 4 members (excludes halogenated alkanes) is 7. The Balaban J connectivity index is 1.63. The van der Waals surface area contributed by atoms with Gasteiger partial charge in [-0.15, -0.1) is 0 Å². The molecule has 0 bridgehead atoms. The van der Waals surface area contributed by atoms with Gasteiger partial charge in [0, 0.05) is 0 Å². The number of ether oxygens (including phenoxy) is 1. The fourth-order valence-electron chi connectivity index (χ4n) is 3.10. The van der Waals surface area contributed by atoms with Gasteiger partial charge < -0.3 is 4.74 Å². The zero-order valence-electron chi connectivity index (χ0n) is 17.6. The molecule has 0 unspecified atom stereocenters. The molecule has 0 saturated carbocycles. The first kappa shape index (κ1) is 22.5. The smallest absolute Gasteiger partial charge is 0.119 e.